The van der Waals surface area contributed by atoms with Crippen LogP contribution in [0.3, 0.4) is 0 Å². The average Bonchev–Trinajstić information content (AvgIpc) is 3.58. The molecule has 1 aliphatic carbocycles. The zero-order valence-corrected chi connectivity index (χ0v) is 20.4. The summed E-state index contributed by atoms with van der Waals surface area (Å²) in [4.78, 5) is 20.8. The Morgan fingerprint density at radius 2 is 2.09 bits per heavy atom. The van der Waals surface area contributed by atoms with Gasteiger partial charge in [0, 0.05) is 78.5 Å². The van der Waals surface area contributed by atoms with Crippen LogP contribution in [0, 0.1) is 0 Å². The molecule has 3 aliphatic heterocycles. The molecule has 1 unspecified atom stereocenters. The minimum Gasteiger partial charge on any atom is -0.455 e. The van der Waals surface area contributed by atoms with Crippen LogP contribution in [0.4, 0.5) is 0 Å². The van der Waals surface area contributed by atoms with Gasteiger partial charge in [-0.15, -0.1) is 0 Å². The summed E-state index contributed by atoms with van der Waals surface area (Å²) in [5.74, 6) is 3.34. The van der Waals surface area contributed by atoms with Crippen molar-refractivity contribution in [1.82, 2.24) is 29.9 Å². The minimum atomic E-state index is 0. The van der Waals surface area contributed by atoms with Gasteiger partial charge in [-0.25, -0.2) is 15.4 Å². The van der Waals surface area contributed by atoms with Crippen LogP contribution >= 0.6 is 0 Å². The Hall–Kier alpha value is -2.04. The molecular formula is C22H27N8NbO-. The van der Waals surface area contributed by atoms with Crippen molar-refractivity contribution in [2.75, 3.05) is 13.1 Å². The zero-order valence-electron chi connectivity index (χ0n) is 18.2. The number of imidazole rings is 1. The Balaban J connectivity index is 0.00000216. The summed E-state index contributed by atoms with van der Waals surface area (Å²) in [5, 5.41) is 1.78. The van der Waals surface area contributed by atoms with E-state index in [0.717, 1.165) is 44.0 Å². The van der Waals surface area contributed by atoms with Crippen molar-refractivity contribution in [1.29, 1.82) is 0 Å². The van der Waals surface area contributed by atoms with Gasteiger partial charge in [-0.3, -0.25) is 4.90 Å². The number of aliphatic imine (C=N–C) groups is 2. The zero-order chi connectivity index (χ0) is 20.8. The van der Waals surface area contributed by atoms with E-state index in [1.54, 1.807) is 17.5 Å². The second-order valence-corrected chi connectivity index (χ2v) is 8.76. The summed E-state index contributed by atoms with van der Waals surface area (Å²) < 4.78 is 7.87. The van der Waals surface area contributed by atoms with Gasteiger partial charge in [0.2, 0.25) is 0 Å². The smallest absolute Gasteiger partial charge is 0.186 e. The van der Waals surface area contributed by atoms with Crippen molar-refractivity contribution in [3.8, 4) is 0 Å². The van der Waals surface area contributed by atoms with Gasteiger partial charge >= 0.3 is 0 Å². The number of oxazole rings is 1. The topological polar surface area (TPSA) is 87.1 Å². The fourth-order valence-electron chi connectivity index (χ4n) is 5.12. The number of rotatable bonds is 5. The molecule has 0 amide bonds. The van der Waals surface area contributed by atoms with Crippen molar-refractivity contribution in [2.45, 2.75) is 64.2 Å². The fourth-order valence-corrected chi connectivity index (χ4v) is 5.12. The Kier molecular flexibility index (Phi) is 6.18. The standard InChI is InChI=1S/C22H27N8O.Nb/c1-15-19(22-23-7-11-31-22)25-14-30-20(15)26-18(27-30)6-8-28-9-10-29-17(13-28)12-24-21(29)16-4-2-3-5-16;/h7,11-12,16,18,27H,2-6,8-10,13H2,1H3;/q-1;. The number of nitrogens with zero attached hydrogens (tertiary/aromatic N) is 7. The molecule has 10 heteroatoms. The average molecular weight is 512 g/mol. The van der Waals surface area contributed by atoms with Crippen molar-refractivity contribution >= 4 is 17.9 Å². The predicted octanol–water partition coefficient (Wildman–Crippen LogP) is 2.63. The maximum atomic E-state index is 5.40. The fraction of sp³-hybridized carbons (Fsp3) is 0.545. The van der Waals surface area contributed by atoms with Crippen molar-refractivity contribution in [2.24, 2.45) is 9.98 Å². The number of hydrazine groups is 1. The molecule has 6 rings (SSSR count). The van der Waals surface area contributed by atoms with Gasteiger partial charge in [0.05, 0.1) is 11.9 Å². The van der Waals surface area contributed by atoms with Gasteiger partial charge < -0.3 is 24.0 Å². The molecule has 0 aromatic carbocycles. The van der Waals surface area contributed by atoms with E-state index in [0.29, 0.717) is 17.5 Å². The van der Waals surface area contributed by atoms with Gasteiger partial charge in [-0.05, 0) is 19.3 Å². The summed E-state index contributed by atoms with van der Waals surface area (Å²) in [5.41, 5.74) is 6.36. The van der Waals surface area contributed by atoms with E-state index in [4.69, 9.17) is 14.4 Å². The molecule has 4 aliphatic rings. The first-order valence-electron chi connectivity index (χ1n) is 11.2. The summed E-state index contributed by atoms with van der Waals surface area (Å²) in [7, 11) is 0. The molecule has 2 aromatic rings. The van der Waals surface area contributed by atoms with Crippen LogP contribution in [0.15, 0.2) is 38.6 Å². The molecule has 0 spiro atoms. The van der Waals surface area contributed by atoms with Crippen LogP contribution in [0.2, 0.25) is 0 Å². The molecule has 1 saturated carbocycles. The molecule has 1 atom stereocenters. The number of amidine groups is 1. The van der Waals surface area contributed by atoms with Crippen LogP contribution in [-0.4, -0.2) is 55.9 Å². The maximum absolute atomic E-state index is 5.40. The second-order valence-electron chi connectivity index (χ2n) is 8.76. The van der Waals surface area contributed by atoms with Crippen LogP contribution in [0.1, 0.15) is 62.4 Å². The third kappa shape index (κ3) is 3.92. The van der Waals surface area contributed by atoms with E-state index in [2.05, 4.69) is 37.4 Å². The molecule has 1 fully saturated rings. The quantitative estimate of drug-likeness (QED) is 0.490. The first-order valence-corrected chi connectivity index (χ1v) is 11.2. The van der Waals surface area contributed by atoms with Gasteiger partial charge in [0.1, 0.15) is 18.3 Å². The molecule has 0 bridgehead atoms. The van der Waals surface area contributed by atoms with Gasteiger partial charge in [-0.2, -0.15) is 0 Å². The Bertz CT molecular complexity index is 1050. The summed E-state index contributed by atoms with van der Waals surface area (Å²) in [6, 6.07) is 0. The molecular weight excluding hydrogens is 485 g/mol. The SMILES string of the molecule is CC1=C(c2ncco2)N=[C-]N2NC(CCN3CCn4c(cnc4C4CCCC4)C3)N=C12.[Nb]. The van der Waals surface area contributed by atoms with Gasteiger partial charge in [-0.1, -0.05) is 25.3 Å². The second kappa shape index (κ2) is 9.07. The third-order valence-corrected chi connectivity index (χ3v) is 6.79. The van der Waals surface area contributed by atoms with Crippen molar-refractivity contribution < 1.29 is 26.8 Å². The Morgan fingerprint density at radius 1 is 1.22 bits per heavy atom. The number of aromatic nitrogens is 3. The molecule has 0 saturated heterocycles. The number of hydrogen-bond donors (Lipinski definition) is 1. The molecule has 9 nitrogen and oxygen atoms in total. The third-order valence-electron chi connectivity index (χ3n) is 6.79. The van der Waals surface area contributed by atoms with Crippen molar-refractivity contribution in [3.05, 3.63) is 41.6 Å². The summed E-state index contributed by atoms with van der Waals surface area (Å²) >= 11 is 0. The molecule has 1 radical (unpaired) electrons. The molecule has 32 heavy (non-hydrogen) atoms. The number of fused-ring (bicyclic) bond motifs is 2. The Morgan fingerprint density at radius 3 is 2.91 bits per heavy atom. The number of nitrogens with one attached hydrogen (secondary N) is 1. The minimum absolute atomic E-state index is 0. The number of hydrogen-bond acceptors (Lipinski definition) is 8. The van der Waals surface area contributed by atoms with E-state index in [1.807, 2.05) is 6.92 Å². The maximum Gasteiger partial charge on any atom is 0.186 e. The monoisotopic (exact) mass is 512 g/mol. The van der Waals surface area contributed by atoms with E-state index < -0.39 is 0 Å². The summed E-state index contributed by atoms with van der Waals surface area (Å²) in [6.45, 7) is 6.05. The van der Waals surface area contributed by atoms with Crippen LogP contribution < -0.4 is 5.43 Å². The molecule has 2 aromatic heterocycles. The van der Waals surface area contributed by atoms with E-state index in [-0.39, 0.29) is 28.5 Å². The van der Waals surface area contributed by atoms with E-state index in [1.165, 1.54) is 37.2 Å². The largest absolute Gasteiger partial charge is 0.455 e. The molecule has 1 N–H and O–H groups in total. The molecule has 167 valence electrons. The first kappa shape index (κ1) is 21.8. The van der Waals surface area contributed by atoms with Crippen LogP contribution in [0.25, 0.3) is 5.70 Å². The van der Waals surface area contributed by atoms with E-state index in [9.17, 15) is 0 Å². The van der Waals surface area contributed by atoms with Crippen LogP contribution in [0.5, 0.6) is 0 Å². The van der Waals surface area contributed by atoms with Gasteiger partial charge in [0.25, 0.3) is 0 Å². The van der Waals surface area contributed by atoms with Crippen molar-refractivity contribution in [3.63, 3.8) is 0 Å². The van der Waals surface area contributed by atoms with E-state index >= 15 is 0 Å². The Labute approximate surface area is 203 Å². The normalized spacial score (nSPS) is 23.3. The first-order chi connectivity index (χ1) is 15.3. The van der Waals surface area contributed by atoms with Gasteiger partial charge in [0.15, 0.2) is 5.89 Å². The predicted molar refractivity (Wildman–Crippen MR) is 116 cm³/mol. The molecule has 5 heterocycles. The summed E-state index contributed by atoms with van der Waals surface area (Å²) in [6.07, 6.45) is 14.5. The van der Waals surface area contributed by atoms with Crippen LogP contribution in [-0.2, 0) is 35.5 Å².